The van der Waals surface area contributed by atoms with Gasteiger partial charge in [-0.3, -0.25) is 4.79 Å². The molecule has 0 radical (unpaired) electrons. The highest BCUT2D eigenvalue weighted by Crippen LogP contribution is 2.27. The van der Waals surface area contributed by atoms with Crippen molar-refractivity contribution in [2.75, 3.05) is 7.11 Å². The molecule has 0 aliphatic heterocycles. The van der Waals surface area contributed by atoms with Crippen LogP contribution in [0.2, 0.25) is 0 Å². The fourth-order valence-corrected chi connectivity index (χ4v) is 1.36. The van der Waals surface area contributed by atoms with Crippen LogP contribution in [0.1, 0.15) is 13.3 Å². The van der Waals surface area contributed by atoms with Crippen molar-refractivity contribution in [1.82, 2.24) is 0 Å². The Bertz CT molecular complexity index is 338. The second-order valence-corrected chi connectivity index (χ2v) is 3.34. The maximum Gasteiger partial charge on any atom is 0.262 e. The number of methoxy groups -OCH3 is 1. The van der Waals surface area contributed by atoms with Gasteiger partial charge in [0.2, 0.25) is 0 Å². The first-order chi connectivity index (χ1) is 7.19. The minimum absolute atomic E-state index is 0.497. The zero-order valence-corrected chi connectivity index (χ0v) is 9.45. The molecule has 1 aromatic carbocycles. The van der Waals surface area contributed by atoms with Gasteiger partial charge in [-0.1, -0.05) is 19.1 Å². The van der Waals surface area contributed by atoms with Gasteiger partial charge in [0, 0.05) is 0 Å². The maximum absolute atomic E-state index is 11.0. The topological polar surface area (TPSA) is 35.5 Å². The van der Waals surface area contributed by atoms with Gasteiger partial charge in [0.15, 0.2) is 17.6 Å². The molecule has 0 bridgehead atoms. The van der Waals surface area contributed by atoms with Gasteiger partial charge in [-0.25, -0.2) is 0 Å². The van der Waals surface area contributed by atoms with Gasteiger partial charge in [0.05, 0.1) is 7.11 Å². The number of para-hydroxylation sites is 2. The van der Waals surface area contributed by atoms with E-state index < -0.39 is 11.3 Å². The second-order valence-electron chi connectivity index (χ2n) is 2.97. The summed E-state index contributed by atoms with van der Waals surface area (Å²) in [6, 6.07) is 7.14. The molecular formula is C11H13ClO3. The molecule has 0 saturated heterocycles. The first-order valence-electron chi connectivity index (χ1n) is 4.68. The lowest BCUT2D eigenvalue weighted by atomic mass is 10.3. The van der Waals surface area contributed by atoms with Crippen molar-refractivity contribution in [3.05, 3.63) is 24.3 Å². The number of ether oxygens (including phenoxy) is 2. The van der Waals surface area contributed by atoms with Gasteiger partial charge >= 0.3 is 0 Å². The molecule has 4 heteroatoms. The van der Waals surface area contributed by atoms with Crippen LogP contribution in [0, 0.1) is 0 Å². The minimum Gasteiger partial charge on any atom is -0.493 e. The Morgan fingerprint density at radius 2 is 2.00 bits per heavy atom. The summed E-state index contributed by atoms with van der Waals surface area (Å²) in [6.07, 6.45) is -0.0941. The van der Waals surface area contributed by atoms with Gasteiger partial charge in [-0.2, -0.15) is 0 Å². The van der Waals surface area contributed by atoms with Crippen LogP contribution in [0.4, 0.5) is 0 Å². The first kappa shape index (κ1) is 11.9. The Morgan fingerprint density at radius 1 is 1.40 bits per heavy atom. The summed E-state index contributed by atoms with van der Waals surface area (Å²) in [5.41, 5.74) is 0. The summed E-state index contributed by atoms with van der Waals surface area (Å²) < 4.78 is 10.5. The Morgan fingerprint density at radius 3 is 2.47 bits per heavy atom. The van der Waals surface area contributed by atoms with E-state index in [0.29, 0.717) is 17.9 Å². The smallest absolute Gasteiger partial charge is 0.262 e. The lowest BCUT2D eigenvalue weighted by Crippen LogP contribution is -2.22. The quantitative estimate of drug-likeness (QED) is 0.727. The summed E-state index contributed by atoms with van der Waals surface area (Å²) in [7, 11) is 1.55. The van der Waals surface area contributed by atoms with E-state index in [1.807, 2.05) is 19.1 Å². The molecule has 0 aliphatic carbocycles. The number of hydrogen-bond donors (Lipinski definition) is 0. The predicted molar refractivity (Wildman–Crippen MR) is 58.6 cm³/mol. The second kappa shape index (κ2) is 5.61. The van der Waals surface area contributed by atoms with Crippen molar-refractivity contribution >= 4 is 16.8 Å². The van der Waals surface area contributed by atoms with Gasteiger partial charge in [0.25, 0.3) is 5.24 Å². The molecule has 0 fully saturated rings. The van der Waals surface area contributed by atoms with Crippen LogP contribution < -0.4 is 9.47 Å². The zero-order chi connectivity index (χ0) is 11.3. The maximum atomic E-state index is 11.0. The fraction of sp³-hybridized carbons (Fsp3) is 0.364. The number of carbonyl (C=O) groups excluding carboxylic acids is 1. The third-order valence-electron chi connectivity index (χ3n) is 1.96. The number of hydrogen-bond acceptors (Lipinski definition) is 3. The summed E-state index contributed by atoms with van der Waals surface area (Å²) in [5, 5.41) is -0.497. The fourth-order valence-electron chi connectivity index (χ4n) is 1.16. The molecule has 1 rings (SSSR count). The Labute approximate surface area is 93.9 Å². The minimum atomic E-state index is -0.622. The van der Waals surface area contributed by atoms with E-state index in [2.05, 4.69) is 0 Å². The van der Waals surface area contributed by atoms with Gasteiger partial charge in [-0.05, 0) is 30.2 Å². The highest BCUT2D eigenvalue weighted by molar-refractivity contribution is 6.64. The van der Waals surface area contributed by atoms with Crippen molar-refractivity contribution in [2.45, 2.75) is 19.4 Å². The summed E-state index contributed by atoms with van der Waals surface area (Å²) in [6.45, 7) is 1.83. The molecule has 0 saturated carbocycles. The van der Waals surface area contributed by atoms with Crippen molar-refractivity contribution in [2.24, 2.45) is 0 Å². The van der Waals surface area contributed by atoms with Crippen LogP contribution in [0.5, 0.6) is 11.5 Å². The SMILES string of the molecule is CC[C@H](Oc1ccccc1OC)C(=O)Cl. The Kier molecular flexibility index (Phi) is 4.43. The van der Waals surface area contributed by atoms with Gasteiger partial charge < -0.3 is 9.47 Å². The van der Waals surface area contributed by atoms with Gasteiger partial charge in [-0.15, -0.1) is 0 Å². The van der Waals surface area contributed by atoms with Crippen LogP contribution in [-0.4, -0.2) is 18.5 Å². The first-order valence-corrected chi connectivity index (χ1v) is 5.05. The Hall–Kier alpha value is -1.22. The monoisotopic (exact) mass is 228 g/mol. The zero-order valence-electron chi connectivity index (χ0n) is 8.70. The molecule has 0 aliphatic rings. The normalized spacial score (nSPS) is 11.9. The highest BCUT2D eigenvalue weighted by Gasteiger charge is 2.17. The number of rotatable bonds is 5. The molecule has 15 heavy (non-hydrogen) atoms. The molecule has 0 spiro atoms. The van der Waals surface area contributed by atoms with Crippen LogP contribution in [0.25, 0.3) is 0 Å². The van der Waals surface area contributed by atoms with E-state index in [0.717, 1.165) is 0 Å². The third kappa shape index (κ3) is 3.13. The average molecular weight is 229 g/mol. The molecule has 1 atom stereocenters. The van der Waals surface area contributed by atoms with Crippen molar-refractivity contribution in [3.8, 4) is 11.5 Å². The van der Waals surface area contributed by atoms with Crippen molar-refractivity contribution in [3.63, 3.8) is 0 Å². The molecule has 0 aromatic heterocycles. The van der Waals surface area contributed by atoms with E-state index in [-0.39, 0.29) is 0 Å². The number of carbonyl (C=O) groups is 1. The summed E-state index contributed by atoms with van der Waals surface area (Å²) >= 11 is 5.38. The molecule has 0 N–H and O–H groups in total. The molecule has 1 aromatic rings. The standard InChI is InChI=1S/C11H13ClO3/c1-3-8(11(12)13)15-10-7-5-4-6-9(10)14-2/h4-8H,3H2,1-2H3/t8-/m0/s1. The van der Waals surface area contributed by atoms with Crippen molar-refractivity contribution < 1.29 is 14.3 Å². The van der Waals surface area contributed by atoms with Crippen LogP contribution in [0.3, 0.4) is 0 Å². The van der Waals surface area contributed by atoms with E-state index >= 15 is 0 Å². The van der Waals surface area contributed by atoms with E-state index in [4.69, 9.17) is 21.1 Å². The predicted octanol–water partition coefficient (Wildman–Crippen LogP) is 2.62. The third-order valence-corrected chi connectivity index (χ3v) is 2.21. The molecule has 0 amide bonds. The van der Waals surface area contributed by atoms with Crippen LogP contribution >= 0.6 is 11.6 Å². The average Bonchev–Trinajstić information content (AvgIpc) is 2.25. The molecule has 0 unspecified atom stereocenters. The van der Waals surface area contributed by atoms with E-state index in [1.54, 1.807) is 19.2 Å². The summed E-state index contributed by atoms with van der Waals surface area (Å²) in [4.78, 5) is 11.0. The summed E-state index contributed by atoms with van der Waals surface area (Å²) in [5.74, 6) is 1.12. The van der Waals surface area contributed by atoms with Crippen molar-refractivity contribution in [1.29, 1.82) is 0 Å². The van der Waals surface area contributed by atoms with E-state index in [9.17, 15) is 4.79 Å². The molecular weight excluding hydrogens is 216 g/mol. The Balaban J connectivity index is 2.82. The lowest BCUT2D eigenvalue weighted by molar-refractivity contribution is -0.118. The number of benzene rings is 1. The highest BCUT2D eigenvalue weighted by atomic mass is 35.5. The number of halogens is 1. The van der Waals surface area contributed by atoms with Crippen LogP contribution in [-0.2, 0) is 4.79 Å². The molecule has 3 nitrogen and oxygen atoms in total. The van der Waals surface area contributed by atoms with Crippen LogP contribution in [0.15, 0.2) is 24.3 Å². The largest absolute Gasteiger partial charge is 0.493 e. The van der Waals surface area contributed by atoms with E-state index in [1.165, 1.54) is 0 Å². The lowest BCUT2D eigenvalue weighted by Gasteiger charge is -2.15. The molecule has 0 heterocycles. The molecule has 82 valence electrons. The van der Waals surface area contributed by atoms with Gasteiger partial charge in [0.1, 0.15) is 0 Å².